The molecule has 2 aromatic carbocycles. The van der Waals surface area contributed by atoms with Crippen molar-refractivity contribution in [2.24, 2.45) is 0 Å². The molecule has 0 saturated carbocycles. The predicted octanol–water partition coefficient (Wildman–Crippen LogP) is 4.29. The van der Waals surface area contributed by atoms with Crippen molar-refractivity contribution in [3.63, 3.8) is 0 Å². The molecule has 1 aliphatic rings. The number of H-pyrrole nitrogens is 1. The van der Waals surface area contributed by atoms with Gasteiger partial charge in [0.1, 0.15) is 11.6 Å². The fraction of sp³-hybridized carbons (Fsp3) is 0.217. The fourth-order valence-corrected chi connectivity index (χ4v) is 3.70. The first kappa shape index (κ1) is 18.0. The molecule has 0 aliphatic heterocycles. The number of nitrogens with one attached hydrogen (secondary N) is 2. The van der Waals surface area contributed by atoms with Gasteiger partial charge in [-0.1, -0.05) is 30.3 Å². The van der Waals surface area contributed by atoms with E-state index in [9.17, 15) is 4.79 Å². The Labute approximate surface area is 164 Å². The minimum absolute atomic E-state index is 0.0456. The van der Waals surface area contributed by atoms with Crippen LogP contribution in [-0.2, 0) is 11.2 Å². The Morgan fingerprint density at radius 3 is 2.93 bits per heavy atom. The summed E-state index contributed by atoms with van der Waals surface area (Å²) in [5.41, 5.74) is 5.01. The summed E-state index contributed by atoms with van der Waals surface area (Å²) in [6.45, 7) is 1.84. The second-order valence-corrected chi connectivity index (χ2v) is 6.99. The quantitative estimate of drug-likeness (QED) is 0.656. The second kappa shape index (κ2) is 7.72. The molecule has 1 unspecified atom stereocenters. The zero-order chi connectivity index (χ0) is 19.5. The molecular formula is C23H23N3O2. The van der Waals surface area contributed by atoms with E-state index in [1.807, 2.05) is 43.3 Å². The van der Waals surface area contributed by atoms with Gasteiger partial charge < -0.3 is 15.0 Å². The van der Waals surface area contributed by atoms with E-state index in [1.165, 1.54) is 11.1 Å². The van der Waals surface area contributed by atoms with Crippen LogP contribution in [0.4, 0.5) is 0 Å². The van der Waals surface area contributed by atoms with Crippen LogP contribution in [-0.4, -0.2) is 23.0 Å². The lowest BCUT2D eigenvalue weighted by molar-refractivity contribution is -0.118. The molecule has 5 nitrogen and oxygen atoms in total. The lowest BCUT2D eigenvalue weighted by Crippen LogP contribution is -2.27. The highest BCUT2D eigenvalue weighted by atomic mass is 16.5. The fourth-order valence-electron chi connectivity index (χ4n) is 3.70. The van der Waals surface area contributed by atoms with Crippen molar-refractivity contribution in [2.45, 2.75) is 25.8 Å². The molecule has 1 amide bonds. The van der Waals surface area contributed by atoms with Gasteiger partial charge in [0, 0.05) is 18.0 Å². The number of carbonyl (C=O) groups excluding carboxylic acids is 1. The number of ether oxygens (including phenoxy) is 1. The van der Waals surface area contributed by atoms with Gasteiger partial charge in [0.2, 0.25) is 5.91 Å². The van der Waals surface area contributed by atoms with E-state index in [4.69, 9.17) is 4.74 Å². The molecule has 1 aromatic heterocycles. The van der Waals surface area contributed by atoms with Crippen LogP contribution in [0, 0.1) is 0 Å². The average molecular weight is 373 g/mol. The Balaban J connectivity index is 1.51. The molecule has 1 aliphatic carbocycles. The summed E-state index contributed by atoms with van der Waals surface area (Å²) in [5, 5.41) is 3.16. The molecule has 2 N–H and O–H groups in total. The number of imidazole rings is 1. The van der Waals surface area contributed by atoms with E-state index in [0.29, 0.717) is 11.3 Å². The van der Waals surface area contributed by atoms with Gasteiger partial charge in [-0.05, 0) is 54.7 Å². The number of hydrogen-bond acceptors (Lipinski definition) is 3. The van der Waals surface area contributed by atoms with E-state index in [0.717, 1.165) is 29.8 Å². The predicted molar refractivity (Wildman–Crippen MR) is 110 cm³/mol. The van der Waals surface area contributed by atoms with Crippen LogP contribution in [0.3, 0.4) is 0 Å². The van der Waals surface area contributed by atoms with E-state index in [1.54, 1.807) is 19.5 Å². The molecule has 0 saturated heterocycles. The molecule has 0 fully saturated rings. The van der Waals surface area contributed by atoms with Gasteiger partial charge in [-0.2, -0.15) is 0 Å². The Morgan fingerprint density at radius 1 is 1.29 bits per heavy atom. The molecule has 0 spiro atoms. The molecule has 0 radical (unpaired) electrons. The van der Waals surface area contributed by atoms with Crippen LogP contribution in [0.5, 0.6) is 5.75 Å². The van der Waals surface area contributed by atoms with Gasteiger partial charge >= 0.3 is 0 Å². The lowest BCUT2D eigenvalue weighted by Gasteiger charge is -2.14. The smallest absolute Gasteiger partial charge is 0.247 e. The molecule has 28 heavy (non-hydrogen) atoms. The summed E-state index contributed by atoms with van der Waals surface area (Å²) in [4.78, 5) is 20.1. The number of aromatic nitrogens is 2. The van der Waals surface area contributed by atoms with Crippen molar-refractivity contribution in [3.8, 4) is 17.1 Å². The summed E-state index contributed by atoms with van der Waals surface area (Å²) in [5.74, 6) is 1.42. The third-order valence-corrected chi connectivity index (χ3v) is 5.16. The first-order chi connectivity index (χ1) is 13.7. The molecule has 4 rings (SSSR count). The summed E-state index contributed by atoms with van der Waals surface area (Å²) >= 11 is 0. The van der Waals surface area contributed by atoms with Crippen molar-refractivity contribution in [1.29, 1.82) is 0 Å². The average Bonchev–Trinajstić information content (AvgIpc) is 3.38. The maximum absolute atomic E-state index is 12.7. The molecule has 0 bridgehead atoms. The zero-order valence-electron chi connectivity index (χ0n) is 16.0. The Bertz CT molecular complexity index is 1020. The van der Waals surface area contributed by atoms with Crippen LogP contribution in [0.2, 0.25) is 0 Å². The third-order valence-electron chi connectivity index (χ3n) is 5.16. The lowest BCUT2D eigenvalue weighted by atomic mass is 10.1. The number of methoxy groups -OCH3 is 1. The number of amides is 1. The highest BCUT2D eigenvalue weighted by Crippen LogP contribution is 2.31. The highest BCUT2D eigenvalue weighted by molar-refractivity contribution is 5.97. The Kier molecular flexibility index (Phi) is 4.98. The van der Waals surface area contributed by atoms with Crippen molar-refractivity contribution in [3.05, 3.63) is 77.1 Å². The van der Waals surface area contributed by atoms with Crippen LogP contribution in [0.1, 0.15) is 36.1 Å². The zero-order valence-corrected chi connectivity index (χ0v) is 16.0. The van der Waals surface area contributed by atoms with E-state index in [-0.39, 0.29) is 11.9 Å². The minimum atomic E-state index is -0.0456. The molecule has 1 heterocycles. The summed E-state index contributed by atoms with van der Waals surface area (Å²) in [6.07, 6.45) is 7.32. The first-order valence-corrected chi connectivity index (χ1v) is 9.40. The number of rotatable bonds is 5. The number of carbonyl (C=O) groups is 1. The van der Waals surface area contributed by atoms with Crippen LogP contribution in [0.25, 0.3) is 17.5 Å². The van der Waals surface area contributed by atoms with E-state index < -0.39 is 0 Å². The first-order valence-electron chi connectivity index (χ1n) is 9.40. The molecule has 5 heteroatoms. The second-order valence-electron chi connectivity index (χ2n) is 6.99. The maximum Gasteiger partial charge on any atom is 0.247 e. The van der Waals surface area contributed by atoms with Gasteiger partial charge in [-0.3, -0.25) is 4.79 Å². The van der Waals surface area contributed by atoms with Gasteiger partial charge in [-0.15, -0.1) is 0 Å². The van der Waals surface area contributed by atoms with Crippen molar-refractivity contribution in [2.75, 3.05) is 7.11 Å². The largest absolute Gasteiger partial charge is 0.496 e. The molecule has 1 atom stereocenters. The number of aryl methyl sites for hydroxylation is 1. The molecule has 3 aromatic rings. The number of aromatic amines is 1. The number of hydrogen-bond donors (Lipinski definition) is 2. The summed E-state index contributed by atoms with van der Waals surface area (Å²) in [6, 6.07) is 14.2. The van der Waals surface area contributed by atoms with Gasteiger partial charge in [-0.25, -0.2) is 4.98 Å². The van der Waals surface area contributed by atoms with Gasteiger partial charge in [0.25, 0.3) is 0 Å². The minimum Gasteiger partial charge on any atom is -0.496 e. The van der Waals surface area contributed by atoms with Crippen LogP contribution < -0.4 is 10.1 Å². The third kappa shape index (κ3) is 3.56. The van der Waals surface area contributed by atoms with Crippen LogP contribution in [0.15, 0.2) is 60.4 Å². The maximum atomic E-state index is 12.7. The normalized spacial score (nSPS) is 15.9. The van der Waals surface area contributed by atoms with E-state index in [2.05, 4.69) is 27.4 Å². The molecule has 142 valence electrons. The van der Waals surface area contributed by atoms with Crippen molar-refractivity contribution < 1.29 is 9.53 Å². The van der Waals surface area contributed by atoms with Crippen molar-refractivity contribution >= 4 is 12.0 Å². The summed E-state index contributed by atoms with van der Waals surface area (Å²) in [7, 11) is 1.63. The Hall–Kier alpha value is -3.34. The van der Waals surface area contributed by atoms with Gasteiger partial charge in [0.05, 0.1) is 18.7 Å². The number of benzene rings is 2. The Morgan fingerprint density at radius 2 is 2.14 bits per heavy atom. The number of fused-ring (bicyclic) bond motifs is 1. The van der Waals surface area contributed by atoms with Crippen molar-refractivity contribution in [1.82, 2.24) is 15.3 Å². The van der Waals surface area contributed by atoms with E-state index >= 15 is 0 Å². The monoisotopic (exact) mass is 373 g/mol. The highest BCUT2D eigenvalue weighted by Gasteiger charge is 2.23. The van der Waals surface area contributed by atoms with Crippen LogP contribution >= 0.6 is 0 Å². The topological polar surface area (TPSA) is 67.0 Å². The number of nitrogens with zero attached hydrogens (tertiary/aromatic N) is 1. The standard InChI is InChI=1S/C23H23N3O2/c1-15(23(27)26-20-10-8-17-5-3-4-6-18(17)20)13-16-7-9-19(21(14-16)28-2)22-24-11-12-25-22/h3-7,9,11-14,20H,8,10H2,1-2H3,(H,24,25)(H,26,27)/b15-13+. The summed E-state index contributed by atoms with van der Waals surface area (Å²) < 4.78 is 5.51. The SMILES string of the molecule is COc1cc(/C=C(\C)C(=O)NC2CCc3ccccc32)ccc1-c1ncc[nH]1. The molecular weight excluding hydrogens is 350 g/mol. The van der Waals surface area contributed by atoms with Gasteiger partial charge in [0.15, 0.2) is 0 Å².